The van der Waals surface area contributed by atoms with Gasteiger partial charge in [-0.05, 0) is 47.9 Å². The molecule has 7 nitrogen and oxygen atoms in total. The molecule has 1 saturated carbocycles. The van der Waals surface area contributed by atoms with Gasteiger partial charge in [-0.2, -0.15) is 0 Å². The molecule has 0 bridgehead atoms. The van der Waals surface area contributed by atoms with Gasteiger partial charge in [0.25, 0.3) is 5.91 Å². The van der Waals surface area contributed by atoms with Crippen LogP contribution < -0.4 is 10.6 Å². The topological polar surface area (TPSA) is 116 Å². The lowest BCUT2D eigenvalue weighted by atomic mass is 9.86. The fourth-order valence-corrected chi connectivity index (χ4v) is 5.12. The van der Waals surface area contributed by atoms with Crippen LogP contribution in [0.2, 0.25) is 0 Å². The second-order valence-electron chi connectivity index (χ2n) is 10.00. The molecule has 0 aromatic heterocycles. The number of aliphatic hydroxyl groups is 1. The Morgan fingerprint density at radius 3 is 2.27 bits per heavy atom. The van der Waals surface area contributed by atoms with E-state index in [2.05, 4.69) is 10.6 Å². The molecule has 200 valence electrons. The number of unbranched alkanes of at least 4 members (excludes halogenated alkanes) is 1. The lowest BCUT2D eigenvalue weighted by Crippen LogP contribution is -2.49. The number of carbonyl (C=O) groups is 3. The minimum absolute atomic E-state index is 0.0347. The van der Waals surface area contributed by atoms with Gasteiger partial charge in [0, 0.05) is 18.5 Å². The van der Waals surface area contributed by atoms with Crippen LogP contribution in [0, 0.1) is 5.92 Å². The highest BCUT2D eigenvalue weighted by atomic mass is 16.4. The van der Waals surface area contributed by atoms with Crippen LogP contribution in [-0.2, 0) is 22.4 Å². The average molecular weight is 509 g/mol. The third kappa shape index (κ3) is 9.32. The number of rotatable bonds is 14. The van der Waals surface area contributed by atoms with Gasteiger partial charge in [0.15, 0.2) is 0 Å². The van der Waals surface area contributed by atoms with Crippen molar-refractivity contribution in [1.29, 1.82) is 0 Å². The number of aliphatic hydroxyl groups excluding tert-OH is 1. The van der Waals surface area contributed by atoms with Gasteiger partial charge >= 0.3 is 5.97 Å². The van der Waals surface area contributed by atoms with E-state index in [4.69, 9.17) is 5.11 Å². The molecule has 0 radical (unpaired) electrons. The van der Waals surface area contributed by atoms with Gasteiger partial charge in [0.2, 0.25) is 5.91 Å². The highest BCUT2D eigenvalue weighted by Crippen LogP contribution is 2.27. The molecule has 1 atom stereocenters. The molecule has 3 rings (SSSR count). The summed E-state index contributed by atoms with van der Waals surface area (Å²) in [6.07, 6.45) is 10.7. The molecular weight excluding hydrogens is 468 g/mol. The molecule has 2 aromatic carbocycles. The zero-order valence-electron chi connectivity index (χ0n) is 21.6. The highest BCUT2D eigenvalue weighted by Gasteiger charge is 2.22. The van der Waals surface area contributed by atoms with Crippen molar-refractivity contribution in [3.63, 3.8) is 0 Å². The zero-order chi connectivity index (χ0) is 26.5. The summed E-state index contributed by atoms with van der Waals surface area (Å²) in [5.41, 5.74) is 3.07. The summed E-state index contributed by atoms with van der Waals surface area (Å²) >= 11 is 0. The van der Waals surface area contributed by atoms with Gasteiger partial charge in [0.05, 0.1) is 6.61 Å². The van der Waals surface area contributed by atoms with Gasteiger partial charge in [-0.1, -0.05) is 87.4 Å². The van der Waals surface area contributed by atoms with Crippen molar-refractivity contribution in [2.45, 2.75) is 76.7 Å². The van der Waals surface area contributed by atoms with Gasteiger partial charge in [-0.3, -0.25) is 14.4 Å². The van der Waals surface area contributed by atoms with E-state index >= 15 is 0 Å². The molecule has 0 heterocycles. The summed E-state index contributed by atoms with van der Waals surface area (Å²) in [6.45, 7) is 0.0431. The van der Waals surface area contributed by atoms with Crippen LogP contribution in [0.15, 0.2) is 48.5 Å². The van der Waals surface area contributed by atoms with E-state index < -0.39 is 24.5 Å². The number of aryl methyl sites for hydroxylation is 1. The van der Waals surface area contributed by atoms with E-state index in [-0.39, 0.29) is 12.3 Å². The first-order valence-electron chi connectivity index (χ1n) is 13.5. The van der Waals surface area contributed by atoms with Crippen molar-refractivity contribution in [2.24, 2.45) is 5.92 Å². The molecule has 2 aromatic rings. The predicted molar refractivity (Wildman–Crippen MR) is 143 cm³/mol. The molecule has 2 amide bonds. The van der Waals surface area contributed by atoms with Crippen LogP contribution in [0.5, 0.6) is 0 Å². The number of amides is 2. The minimum Gasteiger partial charge on any atom is -0.481 e. The summed E-state index contributed by atoms with van der Waals surface area (Å²) in [4.78, 5) is 36.8. The summed E-state index contributed by atoms with van der Waals surface area (Å²) in [6, 6.07) is 13.7. The Balaban J connectivity index is 1.54. The van der Waals surface area contributed by atoms with Crippen LogP contribution in [0.4, 0.5) is 0 Å². The van der Waals surface area contributed by atoms with Crippen LogP contribution in [0.25, 0.3) is 0 Å². The predicted octanol–water partition coefficient (Wildman–Crippen LogP) is 4.25. The van der Waals surface area contributed by atoms with E-state index in [1.807, 2.05) is 36.4 Å². The maximum absolute atomic E-state index is 13.1. The maximum atomic E-state index is 13.1. The molecule has 7 heteroatoms. The molecule has 1 fully saturated rings. The third-order valence-corrected chi connectivity index (χ3v) is 7.24. The number of carboxylic acids is 1. The average Bonchev–Trinajstić information content (AvgIpc) is 2.91. The Morgan fingerprint density at radius 2 is 1.57 bits per heavy atom. The molecule has 4 N–H and O–H groups in total. The number of hydrogen-bond acceptors (Lipinski definition) is 4. The van der Waals surface area contributed by atoms with Crippen molar-refractivity contribution in [3.8, 4) is 0 Å². The number of hydrogen-bond donors (Lipinski definition) is 4. The molecule has 0 aliphatic heterocycles. The zero-order valence-corrected chi connectivity index (χ0v) is 21.6. The van der Waals surface area contributed by atoms with Gasteiger partial charge in [-0.15, -0.1) is 0 Å². The second kappa shape index (κ2) is 15.2. The number of carboxylic acid groups (broad SMARTS) is 1. The quantitative estimate of drug-likeness (QED) is 0.285. The second-order valence-corrected chi connectivity index (χ2v) is 10.00. The Kier molecular flexibility index (Phi) is 11.6. The summed E-state index contributed by atoms with van der Waals surface area (Å²) in [5, 5.41) is 24.4. The lowest BCUT2D eigenvalue weighted by Gasteiger charge is -2.21. The molecule has 0 spiro atoms. The van der Waals surface area contributed by atoms with Crippen LogP contribution in [0.3, 0.4) is 0 Å². The Bertz CT molecular complexity index is 1030. The van der Waals surface area contributed by atoms with E-state index in [0.717, 1.165) is 35.4 Å². The number of benzene rings is 2. The SMILES string of the molecule is O=C(O)CCc1ccccc1Cc1ccccc1C(=O)NC(CO)C(=O)NCCCCC1CCCCC1. The van der Waals surface area contributed by atoms with Gasteiger partial charge in [0.1, 0.15) is 6.04 Å². The summed E-state index contributed by atoms with van der Waals surface area (Å²) < 4.78 is 0. The van der Waals surface area contributed by atoms with E-state index in [0.29, 0.717) is 24.9 Å². The van der Waals surface area contributed by atoms with Crippen LogP contribution in [-0.4, -0.2) is 47.2 Å². The molecule has 37 heavy (non-hydrogen) atoms. The molecule has 1 aliphatic rings. The Hall–Kier alpha value is -3.19. The molecule has 0 saturated heterocycles. The number of aliphatic carboxylic acids is 1. The first-order chi connectivity index (χ1) is 18.0. The normalized spacial score (nSPS) is 14.6. The first kappa shape index (κ1) is 28.4. The fourth-order valence-electron chi connectivity index (χ4n) is 5.12. The maximum Gasteiger partial charge on any atom is 0.303 e. The molecular formula is C30H40N2O5. The van der Waals surface area contributed by atoms with Crippen LogP contribution >= 0.6 is 0 Å². The molecule has 1 aliphatic carbocycles. The van der Waals surface area contributed by atoms with Crippen molar-refractivity contribution in [3.05, 3.63) is 70.8 Å². The lowest BCUT2D eigenvalue weighted by molar-refractivity contribution is -0.137. The van der Waals surface area contributed by atoms with Crippen LogP contribution in [0.1, 0.15) is 84.8 Å². The largest absolute Gasteiger partial charge is 0.481 e. The first-order valence-corrected chi connectivity index (χ1v) is 13.5. The standard InChI is InChI=1S/C30H40N2O5/c33-21-27(30(37)31-19-9-8-12-22-10-2-1-3-11-22)32-29(36)26-16-7-6-15-25(26)20-24-14-5-4-13-23(24)17-18-28(34)35/h4-7,13-16,22,27,33H,1-3,8-12,17-21H2,(H,31,37)(H,32,36)(H,34,35). The minimum atomic E-state index is -1.03. The smallest absolute Gasteiger partial charge is 0.303 e. The monoisotopic (exact) mass is 508 g/mol. The Labute approximate surface area is 219 Å². The van der Waals surface area contributed by atoms with E-state index in [1.165, 1.54) is 38.5 Å². The van der Waals surface area contributed by atoms with Crippen molar-refractivity contribution < 1.29 is 24.6 Å². The van der Waals surface area contributed by atoms with E-state index in [9.17, 15) is 19.5 Å². The third-order valence-electron chi connectivity index (χ3n) is 7.24. The summed E-state index contributed by atoms with van der Waals surface area (Å²) in [7, 11) is 0. The number of carbonyl (C=O) groups excluding carboxylic acids is 2. The summed E-state index contributed by atoms with van der Waals surface area (Å²) in [5.74, 6) is -0.847. The molecule has 1 unspecified atom stereocenters. The van der Waals surface area contributed by atoms with Gasteiger partial charge < -0.3 is 20.8 Å². The Morgan fingerprint density at radius 1 is 0.892 bits per heavy atom. The van der Waals surface area contributed by atoms with Crippen molar-refractivity contribution in [2.75, 3.05) is 13.2 Å². The fraction of sp³-hybridized carbons (Fsp3) is 0.500. The van der Waals surface area contributed by atoms with Crippen molar-refractivity contribution >= 4 is 17.8 Å². The van der Waals surface area contributed by atoms with Gasteiger partial charge in [-0.25, -0.2) is 0 Å². The van der Waals surface area contributed by atoms with E-state index in [1.54, 1.807) is 12.1 Å². The highest BCUT2D eigenvalue weighted by molar-refractivity contribution is 5.98. The number of nitrogens with one attached hydrogen (secondary N) is 2. The van der Waals surface area contributed by atoms with Crippen molar-refractivity contribution in [1.82, 2.24) is 10.6 Å².